The molecule has 0 bridgehead atoms. The average Bonchev–Trinajstić information content (AvgIpc) is 2.35. The largest absolute Gasteiger partial charge is 0.497 e. The molecule has 6 nitrogen and oxygen atoms in total. The topological polar surface area (TPSA) is 98.9 Å². The van der Waals surface area contributed by atoms with Gasteiger partial charge in [0.2, 0.25) is 0 Å². The average molecular weight is 239 g/mol. The van der Waals surface area contributed by atoms with Gasteiger partial charge in [-0.05, 0) is 18.2 Å². The Morgan fingerprint density at radius 3 is 2.41 bits per heavy atom. The first kappa shape index (κ1) is 13.0. The quantitative estimate of drug-likeness (QED) is 0.566. The van der Waals surface area contributed by atoms with Crippen LogP contribution in [0.5, 0.6) is 11.5 Å². The molecule has 0 amide bonds. The van der Waals surface area contributed by atoms with E-state index in [4.69, 9.17) is 20.3 Å². The fourth-order valence-corrected chi connectivity index (χ4v) is 1.29. The number of benzene rings is 1. The van der Waals surface area contributed by atoms with Crippen molar-refractivity contribution in [3.8, 4) is 11.5 Å². The van der Waals surface area contributed by atoms with E-state index in [-0.39, 0.29) is 11.3 Å². The van der Waals surface area contributed by atoms with Gasteiger partial charge in [-0.25, -0.2) is 0 Å². The number of rotatable bonds is 5. The van der Waals surface area contributed by atoms with Gasteiger partial charge in [-0.15, -0.1) is 0 Å². The van der Waals surface area contributed by atoms with Crippen LogP contribution in [-0.2, 0) is 4.79 Å². The van der Waals surface area contributed by atoms with Crippen molar-refractivity contribution in [2.45, 2.75) is 6.04 Å². The molecule has 0 aromatic heterocycles. The predicted molar refractivity (Wildman–Crippen MR) is 59.5 cm³/mol. The van der Waals surface area contributed by atoms with Crippen LogP contribution in [0.15, 0.2) is 18.2 Å². The lowest BCUT2D eigenvalue weighted by Crippen LogP contribution is -2.38. The summed E-state index contributed by atoms with van der Waals surface area (Å²) in [6.07, 6.45) is 0. The van der Waals surface area contributed by atoms with Gasteiger partial charge in [0.1, 0.15) is 11.5 Å². The molecule has 3 N–H and O–H groups in total. The molecule has 1 aromatic carbocycles. The Morgan fingerprint density at radius 2 is 1.94 bits per heavy atom. The third-order valence-electron chi connectivity index (χ3n) is 2.22. The lowest BCUT2D eigenvalue weighted by molar-refractivity contribution is -0.137. The minimum Gasteiger partial charge on any atom is -0.497 e. The number of carbonyl (C=O) groups is 2. The zero-order valence-electron chi connectivity index (χ0n) is 9.47. The van der Waals surface area contributed by atoms with Crippen molar-refractivity contribution in [1.82, 2.24) is 0 Å². The van der Waals surface area contributed by atoms with E-state index in [0.717, 1.165) is 0 Å². The lowest BCUT2D eigenvalue weighted by Gasteiger charge is -2.11. The van der Waals surface area contributed by atoms with Crippen molar-refractivity contribution < 1.29 is 24.2 Å². The van der Waals surface area contributed by atoms with Crippen molar-refractivity contribution in [2.24, 2.45) is 5.73 Å². The monoisotopic (exact) mass is 239 g/mol. The molecule has 0 aliphatic heterocycles. The second-order valence-electron chi connectivity index (χ2n) is 3.25. The summed E-state index contributed by atoms with van der Waals surface area (Å²) in [4.78, 5) is 22.4. The summed E-state index contributed by atoms with van der Waals surface area (Å²) in [5.74, 6) is -1.44. The fraction of sp³-hybridized carbons (Fsp3) is 0.273. The number of carboxylic acid groups (broad SMARTS) is 1. The Balaban J connectivity index is 3.18. The number of methoxy groups -OCH3 is 2. The number of carboxylic acids is 1. The van der Waals surface area contributed by atoms with Gasteiger partial charge >= 0.3 is 5.97 Å². The number of Topliss-reactive ketones (excluding diaryl/α,β-unsaturated/α-hetero) is 1. The van der Waals surface area contributed by atoms with Crippen molar-refractivity contribution >= 4 is 11.8 Å². The maximum absolute atomic E-state index is 11.8. The molecule has 1 atom stereocenters. The number of aliphatic carboxylic acids is 1. The Kier molecular flexibility index (Phi) is 4.06. The summed E-state index contributed by atoms with van der Waals surface area (Å²) in [5, 5.41) is 8.69. The van der Waals surface area contributed by atoms with Crippen molar-refractivity contribution in [1.29, 1.82) is 0 Å². The summed E-state index contributed by atoms with van der Waals surface area (Å²) < 4.78 is 9.92. The third kappa shape index (κ3) is 2.73. The number of carbonyl (C=O) groups excluding carboxylic acids is 1. The molecule has 6 heteroatoms. The molecule has 0 aliphatic carbocycles. The maximum Gasteiger partial charge on any atom is 0.328 e. The highest BCUT2D eigenvalue weighted by molar-refractivity contribution is 6.12. The Labute approximate surface area is 97.9 Å². The molecular formula is C11H13NO5. The maximum atomic E-state index is 11.8. The zero-order chi connectivity index (χ0) is 13.0. The first-order valence-electron chi connectivity index (χ1n) is 4.76. The van der Waals surface area contributed by atoms with E-state index < -0.39 is 17.8 Å². The molecule has 1 rings (SSSR count). The number of ketones is 1. The SMILES string of the molecule is COc1ccc(OC)c(C(=O)C(N)C(=O)O)c1. The Morgan fingerprint density at radius 1 is 1.29 bits per heavy atom. The first-order valence-corrected chi connectivity index (χ1v) is 4.76. The van der Waals surface area contributed by atoms with E-state index >= 15 is 0 Å². The minimum absolute atomic E-state index is 0.0850. The number of hydrogen-bond acceptors (Lipinski definition) is 5. The van der Waals surface area contributed by atoms with Crippen LogP contribution >= 0.6 is 0 Å². The van der Waals surface area contributed by atoms with E-state index in [2.05, 4.69) is 0 Å². The molecule has 0 radical (unpaired) electrons. The van der Waals surface area contributed by atoms with Crippen LogP contribution in [0.1, 0.15) is 10.4 Å². The second kappa shape index (κ2) is 5.31. The van der Waals surface area contributed by atoms with E-state index in [1.54, 1.807) is 6.07 Å². The standard InChI is InChI=1S/C11H13NO5/c1-16-6-3-4-8(17-2)7(5-6)10(13)9(12)11(14)15/h3-5,9H,12H2,1-2H3,(H,14,15). The first-order chi connectivity index (χ1) is 8.01. The normalized spacial score (nSPS) is 11.7. The van der Waals surface area contributed by atoms with Gasteiger partial charge in [0.25, 0.3) is 0 Å². The van der Waals surface area contributed by atoms with E-state index in [0.29, 0.717) is 5.75 Å². The highest BCUT2D eigenvalue weighted by Crippen LogP contribution is 2.24. The summed E-state index contributed by atoms with van der Waals surface area (Å²) in [7, 11) is 2.82. The predicted octanol–water partition coefficient (Wildman–Crippen LogP) is 0.298. The molecular weight excluding hydrogens is 226 g/mol. The van der Waals surface area contributed by atoms with Gasteiger partial charge in [-0.2, -0.15) is 0 Å². The van der Waals surface area contributed by atoms with Crippen LogP contribution in [0.25, 0.3) is 0 Å². The van der Waals surface area contributed by atoms with Gasteiger partial charge in [0.05, 0.1) is 19.8 Å². The molecule has 0 aliphatic rings. The molecule has 0 fully saturated rings. The minimum atomic E-state index is -1.61. The van der Waals surface area contributed by atoms with Crippen LogP contribution in [0.3, 0.4) is 0 Å². The van der Waals surface area contributed by atoms with E-state index in [1.165, 1.54) is 26.4 Å². The molecule has 0 saturated carbocycles. The number of hydrogen-bond donors (Lipinski definition) is 2. The molecule has 17 heavy (non-hydrogen) atoms. The summed E-state index contributed by atoms with van der Waals surface area (Å²) in [5.41, 5.74) is 5.35. The molecule has 92 valence electrons. The molecule has 0 saturated heterocycles. The van der Waals surface area contributed by atoms with Crippen LogP contribution in [0.4, 0.5) is 0 Å². The molecule has 0 spiro atoms. The van der Waals surface area contributed by atoms with Gasteiger partial charge in [-0.3, -0.25) is 9.59 Å². The second-order valence-corrected chi connectivity index (χ2v) is 3.25. The van der Waals surface area contributed by atoms with Gasteiger partial charge in [-0.1, -0.05) is 0 Å². The lowest BCUT2D eigenvalue weighted by atomic mass is 10.0. The highest BCUT2D eigenvalue weighted by Gasteiger charge is 2.25. The fourth-order valence-electron chi connectivity index (χ4n) is 1.29. The van der Waals surface area contributed by atoms with Crippen molar-refractivity contribution in [3.63, 3.8) is 0 Å². The zero-order valence-corrected chi connectivity index (χ0v) is 9.47. The summed E-state index contributed by atoms with van der Waals surface area (Å²) >= 11 is 0. The Hall–Kier alpha value is -2.08. The highest BCUT2D eigenvalue weighted by atomic mass is 16.5. The third-order valence-corrected chi connectivity index (χ3v) is 2.22. The number of nitrogens with two attached hydrogens (primary N) is 1. The smallest absolute Gasteiger partial charge is 0.328 e. The van der Waals surface area contributed by atoms with Crippen molar-refractivity contribution in [3.05, 3.63) is 23.8 Å². The van der Waals surface area contributed by atoms with E-state index in [1.807, 2.05) is 0 Å². The van der Waals surface area contributed by atoms with Crippen molar-refractivity contribution in [2.75, 3.05) is 14.2 Å². The van der Waals surface area contributed by atoms with Crippen LogP contribution in [0, 0.1) is 0 Å². The number of ether oxygens (including phenoxy) is 2. The molecule has 0 heterocycles. The van der Waals surface area contributed by atoms with Gasteiger partial charge in [0.15, 0.2) is 11.8 Å². The van der Waals surface area contributed by atoms with Crippen LogP contribution in [-0.4, -0.2) is 37.1 Å². The van der Waals surface area contributed by atoms with Crippen LogP contribution < -0.4 is 15.2 Å². The summed E-state index contributed by atoms with van der Waals surface area (Å²) in [6.45, 7) is 0. The van der Waals surface area contributed by atoms with Gasteiger partial charge in [0, 0.05) is 0 Å². The van der Waals surface area contributed by atoms with E-state index in [9.17, 15) is 9.59 Å². The molecule has 1 aromatic rings. The van der Waals surface area contributed by atoms with Crippen LogP contribution in [0.2, 0.25) is 0 Å². The van der Waals surface area contributed by atoms with Gasteiger partial charge < -0.3 is 20.3 Å². The molecule has 1 unspecified atom stereocenters. The Bertz CT molecular complexity index is 443. The summed E-state index contributed by atoms with van der Waals surface area (Å²) in [6, 6.07) is 2.89.